The van der Waals surface area contributed by atoms with E-state index in [4.69, 9.17) is 10.5 Å². The maximum atomic E-state index is 5.84. The summed E-state index contributed by atoms with van der Waals surface area (Å²) in [6, 6.07) is 7.94. The van der Waals surface area contributed by atoms with Gasteiger partial charge in [-0.3, -0.25) is 0 Å². The Bertz CT molecular complexity index is 619. The first-order chi connectivity index (χ1) is 10.8. The number of para-hydroxylation sites is 1. The fourth-order valence-electron chi connectivity index (χ4n) is 3.02. The molecule has 6 nitrogen and oxygen atoms in total. The standard InChI is InChI=1S/C16H23N5O/c1-22-15-7-3-2-6-13(15)16-14(12-17)18-19-21(16)11-10-20-8-4-5-9-20/h2-3,6-7H,4-5,8-12,17H2,1H3. The smallest absolute Gasteiger partial charge is 0.128 e. The normalized spacial score (nSPS) is 15.4. The second-order valence-electron chi connectivity index (χ2n) is 5.56. The lowest BCUT2D eigenvalue weighted by atomic mass is 10.1. The molecule has 3 rings (SSSR count). The number of ether oxygens (including phenoxy) is 1. The molecule has 1 aliphatic rings. The number of aromatic nitrogens is 3. The molecule has 1 saturated heterocycles. The summed E-state index contributed by atoms with van der Waals surface area (Å²) in [6.45, 7) is 4.55. The molecule has 0 saturated carbocycles. The van der Waals surface area contributed by atoms with Crippen molar-refractivity contribution in [1.29, 1.82) is 0 Å². The maximum absolute atomic E-state index is 5.84. The summed E-state index contributed by atoms with van der Waals surface area (Å²) in [5, 5.41) is 8.55. The van der Waals surface area contributed by atoms with E-state index in [1.165, 1.54) is 25.9 Å². The highest BCUT2D eigenvalue weighted by atomic mass is 16.5. The average molecular weight is 301 g/mol. The van der Waals surface area contributed by atoms with Crippen molar-refractivity contribution in [3.63, 3.8) is 0 Å². The summed E-state index contributed by atoms with van der Waals surface area (Å²) in [6.07, 6.45) is 2.59. The van der Waals surface area contributed by atoms with Crippen molar-refractivity contribution in [3.8, 4) is 17.0 Å². The third-order valence-electron chi connectivity index (χ3n) is 4.19. The van der Waals surface area contributed by atoms with E-state index in [-0.39, 0.29) is 0 Å². The van der Waals surface area contributed by atoms with Crippen molar-refractivity contribution in [2.24, 2.45) is 5.73 Å². The molecule has 22 heavy (non-hydrogen) atoms. The second kappa shape index (κ2) is 6.89. The summed E-state index contributed by atoms with van der Waals surface area (Å²) in [7, 11) is 1.68. The number of methoxy groups -OCH3 is 1. The highest BCUT2D eigenvalue weighted by molar-refractivity contribution is 5.69. The van der Waals surface area contributed by atoms with Crippen molar-refractivity contribution in [2.75, 3.05) is 26.7 Å². The Morgan fingerprint density at radius 2 is 1.95 bits per heavy atom. The van der Waals surface area contributed by atoms with Crippen molar-refractivity contribution in [1.82, 2.24) is 19.9 Å². The molecule has 118 valence electrons. The number of hydrogen-bond donors (Lipinski definition) is 1. The molecule has 1 aromatic heterocycles. The van der Waals surface area contributed by atoms with Crippen LogP contribution in [0.1, 0.15) is 18.5 Å². The largest absolute Gasteiger partial charge is 0.496 e. The number of rotatable bonds is 6. The number of nitrogens with zero attached hydrogens (tertiary/aromatic N) is 4. The minimum atomic E-state index is 0.372. The van der Waals surface area contributed by atoms with Crippen LogP contribution >= 0.6 is 0 Å². The van der Waals surface area contributed by atoms with E-state index in [1.54, 1.807) is 7.11 Å². The first-order valence-electron chi connectivity index (χ1n) is 7.81. The van der Waals surface area contributed by atoms with Crippen LogP contribution in [-0.2, 0) is 13.1 Å². The van der Waals surface area contributed by atoms with E-state index in [1.807, 2.05) is 28.9 Å². The van der Waals surface area contributed by atoms with E-state index in [0.29, 0.717) is 6.54 Å². The van der Waals surface area contributed by atoms with E-state index in [9.17, 15) is 0 Å². The molecule has 0 amide bonds. The summed E-state index contributed by atoms with van der Waals surface area (Å²) in [4.78, 5) is 2.47. The Morgan fingerprint density at radius 3 is 2.68 bits per heavy atom. The zero-order chi connectivity index (χ0) is 15.4. The Labute approximate surface area is 130 Å². The zero-order valence-electron chi connectivity index (χ0n) is 13.0. The zero-order valence-corrected chi connectivity index (χ0v) is 13.0. The Hall–Kier alpha value is -1.92. The lowest BCUT2D eigenvalue weighted by Gasteiger charge is -2.16. The van der Waals surface area contributed by atoms with Crippen LogP contribution in [-0.4, -0.2) is 46.6 Å². The Kier molecular flexibility index (Phi) is 4.70. The number of likely N-dealkylation sites (tertiary alicyclic amines) is 1. The third kappa shape index (κ3) is 2.98. The molecule has 0 atom stereocenters. The van der Waals surface area contributed by atoms with E-state index in [2.05, 4.69) is 15.2 Å². The maximum Gasteiger partial charge on any atom is 0.128 e. The van der Waals surface area contributed by atoms with Gasteiger partial charge in [0.15, 0.2) is 0 Å². The van der Waals surface area contributed by atoms with Crippen LogP contribution < -0.4 is 10.5 Å². The minimum Gasteiger partial charge on any atom is -0.496 e. The summed E-state index contributed by atoms with van der Waals surface area (Å²) in [5.74, 6) is 0.821. The van der Waals surface area contributed by atoms with Gasteiger partial charge in [-0.05, 0) is 38.1 Å². The van der Waals surface area contributed by atoms with Crippen LogP contribution in [0.15, 0.2) is 24.3 Å². The first-order valence-corrected chi connectivity index (χ1v) is 7.81. The van der Waals surface area contributed by atoms with Crippen molar-refractivity contribution in [2.45, 2.75) is 25.9 Å². The highest BCUT2D eigenvalue weighted by Gasteiger charge is 2.18. The Balaban J connectivity index is 1.89. The minimum absolute atomic E-state index is 0.372. The fourth-order valence-corrected chi connectivity index (χ4v) is 3.02. The van der Waals surface area contributed by atoms with Crippen LogP contribution in [0.25, 0.3) is 11.3 Å². The third-order valence-corrected chi connectivity index (χ3v) is 4.19. The van der Waals surface area contributed by atoms with Crippen LogP contribution in [0.3, 0.4) is 0 Å². The number of nitrogens with two attached hydrogens (primary N) is 1. The predicted molar refractivity (Wildman–Crippen MR) is 85.6 cm³/mol. The van der Waals surface area contributed by atoms with Crippen molar-refractivity contribution in [3.05, 3.63) is 30.0 Å². The molecule has 2 N–H and O–H groups in total. The highest BCUT2D eigenvalue weighted by Crippen LogP contribution is 2.31. The van der Waals surface area contributed by atoms with Crippen molar-refractivity contribution >= 4 is 0 Å². The van der Waals surface area contributed by atoms with Crippen LogP contribution in [0, 0.1) is 0 Å². The van der Waals surface area contributed by atoms with Gasteiger partial charge in [0.05, 0.1) is 19.3 Å². The predicted octanol–water partition coefficient (Wildman–Crippen LogP) is 1.51. The van der Waals surface area contributed by atoms with E-state index in [0.717, 1.165) is 35.8 Å². The average Bonchev–Trinajstić information content (AvgIpc) is 3.21. The number of hydrogen-bond acceptors (Lipinski definition) is 5. The van der Waals surface area contributed by atoms with Crippen LogP contribution in [0.4, 0.5) is 0 Å². The molecule has 2 heterocycles. The molecule has 0 bridgehead atoms. The lowest BCUT2D eigenvalue weighted by Crippen LogP contribution is -2.24. The first kappa shape index (κ1) is 15.0. The van der Waals surface area contributed by atoms with Gasteiger partial charge >= 0.3 is 0 Å². The van der Waals surface area contributed by atoms with Gasteiger partial charge in [0.25, 0.3) is 0 Å². The van der Waals surface area contributed by atoms with Gasteiger partial charge in [0.1, 0.15) is 11.4 Å². The molecular formula is C16H23N5O. The van der Waals surface area contributed by atoms with Gasteiger partial charge in [0, 0.05) is 18.7 Å². The van der Waals surface area contributed by atoms with Crippen molar-refractivity contribution < 1.29 is 4.74 Å². The van der Waals surface area contributed by atoms with Gasteiger partial charge in [-0.1, -0.05) is 17.3 Å². The molecule has 2 aromatic rings. The van der Waals surface area contributed by atoms with E-state index < -0.39 is 0 Å². The molecule has 0 radical (unpaired) electrons. The summed E-state index contributed by atoms with van der Waals surface area (Å²) in [5.41, 5.74) is 8.62. The molecule has 1 aromatic carbocycles. The van der Waals surface area contributed by atoms with Gasteiger partial charge < -0.3 is 15.4 Å². The summed E-state index contributed by atoms with van der Waals surface area (Å²) >= 11 is 0. The molecule has 1 fully saturated rings. The molecular weight excluding hydrogens is 278 g/mol. The number of benzene rings is 1. The van der Waals surface area contributed by atoms with Gasteiger partial charge in [-0.25, -0.2) is 4.68 Å². The van der Waals surface area contributed by atoms with E-state index >= 15 is 0 Å². The lowest BCUT2D eigenvalue weighted by molar-refractivity contribution is 0.315. The second-order valence-corrected chi connectivity index (χ2v) is 5.56. The fraction of sp³-hybridized carbons (Fsp3) is 0.500. The Morgan fingerprint density at radius 1 is 1.18 bits per heavy atom. The monoisotopic (exact) mass is 301 g/mol. The molecule has 0 aliphatic carbocycles. The molecule has 1 aliphatic heterocycles. The molecule has 0 unspecified atom stereocenters. The van der Waals surface area contributed by atoms with Crippen LogP contribution in [0.2, 0.25) is 0 Å². The van der Waals surface area contributed by atoms with Gasteiger partial charge in [0.2, 0.25) is 0 Å². The van der Waals surface area contributed by atoms with Gasteiger partial charge in [-0.15, -0.1) is 5.10 Å². The summed E-state index contributed by atoms with van der Waals surface area (Å²) < 4.78 is 7.44. The SMILES string of the molecule is COc1ccccc1-c1c(CN)nnn1CCN1CCCC1. The van der Waals surface area contributed by atoms with Gasteiger partial charge in [-0.2, -0.15) is 0 Å². The molecule has 6 heteroatoms. The van der Waals surface area contributed by atoms with Crippen LogP contribution in [0.5, 0.6) is 5.75 Å². The quantitative estimate of drug-likeness (QED) is 0.876. The topological polar surface area (TPSA) is 69.2 Å². The molecule has 0 spiro atoms.